The lowest BCUT2D eigenvalue weighted by molar-refractivity contribution is 0.221. The molecule has 2 aromatic heterocycles. The molecule has 0 bridgehead atoms. The third-order valence-electron chi connectivity index (χ3n) is 7.83. The molecular formula is C31H41N7O3S. The maximum absolute atomic E-state index is 13.1. The molecule has 0 saturated carbocycles. The fourth-order valence-electron chi connectivity index (χ4n) is 5.46. The number of likely N-dealkylation sites (tertiary alicyclic amines) is 1. The Bertz CT molecular complexity index is 1660. The normalized spacial score (nSPS) is 15.0. The molecule has 10 nitrogen and oxygen atoms in total. The number of nitrogens with zero attached hydrogens (tertiary/aromatic N) is 4. The first-order valence-electron chi connectivity index (χ1n) is 14.7. The molecule has 1 saturated heterocycles. The van der Waals surface area contributed by atoms with Crippen molar-refractivity contribution in [1.82, 2.24) is 25.1 Å². The number of piperidine rings is 1. The number of hydrogen-bond acceptors (Lipinski definition) is 9. The Morgan fingerprint density at radius 2 is 1.79 bits per heavy atom. The maximum Gasteiger partial charge on any atom is 0.231 e. The minimum atomic E-state index is -3.53. The van der Waals surface area contributed by atoms with E-state index in [4.69, 9.17) is 9.72 Å². The maximum atomic E-state index is 13.1. The van der Waals surface area contributed by atoms with Gasteiger partial charge in [0.05, 0.1) is 39.2 Å². The van der Waals surface area contributed by atoms with E-state index in [0.717, 1.165) is 43.9 Å². The summed E-state index contributed by atoms with van der Waals surface area (Å²) in [6.45, 7) is 15.0. The molecule has 11 heteroatoms. The summed E-state index contributed by atoms with van der Waals surface area (Å²) in [5, 5.41) is 13.8. The number of nitrogens with one attached hydrogen (secondary N) is 3. The molecule has 3 N–H and O–H groups in total. The van der Waals surface area contributed by atoms with Crippen molar-refractivity contribution in [1.29, 1.82) is 0 Å². The quantitative estimate of drug-likeness (QED) is 0.194. The number of aromatic nitrogens is 4. The molecule has 0 atom stereocenters. The molecule has 5 rings (SSSR count). The first kappa shape index (κ1) is 29.8. The van der Waals surface area contributed by atoms with E-state index >= 15 is 0 Å². The fraction of sp³-hybridized carbons (Fsp3) is 0.452. The molecule has 224 valence electrons. The lowest BCUT2D eigenvalue weighted by atomic mass is 9.86. The number of para-hydroxylation sites is 1. The molecule has 0 aliphatic carbocycles. The van der Waals surface area contributed by atoms with Crippen molar-refractivity contribution >= 4 is 44.0 Å². The highest BCUT2D eigenvalue weighted by Crippen LogP contribution is 2.38. The van der Waals surface area contributed by atoms with Crippen LogP contribution in [0.1, 0.15) is 64.5 Å². The molecule has 0 amide bonds. The Balaban J connectivity index is 1.50. The summed E-state index contributed by atoms with van der Waals surface area (Å²) < 4.78 is 32.4. The second-order valence-electron chi connectivity index (χ2n) is 11.4. The number of fused-ring (bicyclic) bond motifs is 1. The van der Waals surface area contributed by atoms with Crippen LogP contribution in [0.4, 0.5) is 23.1 Å². The van der Waals surface area contributed by atoms with Crippen molar-refractivity contribution in [2.24, 2.45) is 0 Å². The summed E-state index contributed by atoms with van der Waals surface area (Å²) in [4.78, 5) is 12.1. The molecule has 42 heavy (non-hydrogen) atoms. The summed E-state index contributed by atoms with van der Waals surface area (Å²) in [5.41, 5.74) is 4.24. The van der Waals surface area contributed by atoms with Gasteiger partial charge in [-0.2, -0.15) is 15.1 Å². The standard InChI is InChI=1S/C31H41N7O3S/c1-7-38-14-12-22(13-15-38)23-17-27(41-19(2)3)26(16-21(23)6)34-31-35-29(24-18-32-37-30(24)36-31)33-25-10-8-9-11-28(25)42(39,40)20(4)5/h8-11,16-20,22H,7,12-15H2,1-6H3,(H3,32,33,34,35,36,37). The lowest BCUT2D eigenvalue weighted by Gasteiger charge is -2.32. The second-order valence-corrected chi connectivity index (χ2v) is 13.9. The molecule has 4 aromatic rings. The lowest BCUT2D eigenvalue weighted by Crippen LogP contribution is -2.32. The number of aromatic amines is 1. The molecule has 0 unspecified atom stereocenters. The molecular weight excluding hydrogens is 550 g/mol. The Morgan fingerprint density at radius 1 is 1.05 bits per heavy atom. The highest BCUT2D eigenvalue weighted by Gasteiger charge is 2.25. The number of aryl methyl sites for hydroxylation is 1. The van der Waals surface area contributed by atoms with Gasteiger partial charge in [0.25, 0.3) is 0 Å². The van der Waals surface area contributed by atoms with Gasteiger partial charge >= 0.3 is 0 Å². The summed E-state index contributed by atoms with van der Waals surface area (Å²) in [6, 6.07) is 11.1. The van der Waals surface area contributed by atoms with Gasteiger partial charge in [-0.25, -0.2) is 8.42 Å². The van der Waals surface area contributed by atoms with Crippen molar-refractivity contribution in [3.8, 4) is 5.75 Å². The number of sulfone groups is 1. The van der Waals surface area contributed by atoms with Crippen LogP contribution in [-0.2, 0) is 9.84 Å². The van der Waals surface area contributed by atoms with Crippen LogP contribution in [-0.4, -0.2) is 64.5 Å². The predicted molar refractivity (Wildman–Crippen MR) is 168 cm³/mol. The Morgan fingerprint density at radius 3 is 2.48 bits per heavy atom. The van der Waals surface area contributed by atoms with Crippen LogP contribution < -0.4 is 15.4 Å². The first-order chi connectivity index (χ1) is 20.1. The second kappa shape index (κ2) is 12.3. The highest BCUT2D eigenvalue weighted by atomic mass is 32.2. The predicted octanol–water partition coefficient (Wildman–Crippen LogP) is 6.32. The Hall–Kier alpha value is -3.70. The van der Waals surface area contributed by atoms with Crippen molar-refractivity contribution in [3.63, 3.8) is 0 Å². The van der Waals surface area contributed by atoms with Crippen molar-refractivity contribution in [2.45, 2.75) is 76.6 Å². The number of anilines is 4. The van der Waals surface area contributed by atoms with Crippen LogP contribution >= 0.6 is 0 Å². The van der Waals surface area contributed by atoms with Gasteiger partial charge in [-0.3, -0.25) is 5.10 Å². The van der Waals surface area contributed by atoms with Crippen LogP contribution in [0.15, 0.2) is 47.5 Å². The topological polar surface area (TPSA) is 125 Å². The molecule has 1 fully saturated rings. The summed E-state index contributed by atoms with van der Waals surface area (Å²) in [5.74, 6) is 2.01. The zero-order chi connectivity index (χ0) is 30.0. The van der Waals surface area contributed by atoms with E-state index in [2.05, 4.69) is 56.7 Å². The van der Waals surface area contributed by atoms with E-state index < -0.39 is 15.1 Å². The minimum Gasteiger partial charge on any atom is -0.489 e. The number of H-pyrrole nitrogens is 1. The molecule has 3 heterocycles. The van der Waals surface area contributed by atoms with E-state index in [1.165, 1.54) is 11.1 Å². The molecule has 0 radical (unpaired) electrons. The zero-order valence-electron chi connectivity index (χ0n) is 25.2. The Kier molecular flexibility index (Phi) is 8.70. The fourth-order valence-corrected chi connectivity index (χ4v) is 6.66. The van der Waals surface area contributed by atoms with Crippen LogP contribution in [0.25, 0.3) is 11.0 Å². The van der Waals surface area contributed by atoms with E-state index in [1.54, 1.807) is 44.3 Å². The van der Waals surface area contributed by atoms with Gasteiger partial charge in [0.15, 0.2) is 15.5 Å². The van der Waals surface area contributed by atoms with Gasteiger partial charge in [-0.1, -0.05) is 19.1 Å². The average Bonchev–Trinajstić information content (AvgIpc) is 3.43. The first-order valence-corrected chi connectivity index (χ1v) is 16.2. The van der Waals surface area contributed by atoms with E-state index in [0.29, 0.717) is 34.4 Å². The molecule has 1 aliphatic heterocycles. The molecule has 1 aliphatic rings. The summed E-state index contributed by atoms with van der Waals surface area (Å²) in [7, 11) is -3.53. The van der Waals surface area contributed by atoms with Crippen molar-refractivity contribution < 1.29 is 13.2 Å². The molecule has 0 spiro atoms. The smallest absolute Gasteiger partial charge is 0.231 e. The third kappa shape index (κ3) is 6.22. The molecule has 2 aromatic carbocycles. The van der Waals surface area contributed by atoms with Gasteiger partial charge in [-0.15, -0.1) is 0 Å². The Labute approximate surface area is 248 Å². The number of rotatable bonds is 10. The summed E-state index contributed by atoms with van der Waals surface area (Å²) in [6.07, 6.45) is 3.86. The van der Waals surface area contributed by atoms with Gasteiger partial charge in [0.2, 0.25) is 5.95 Å². The SMILES string of the molecule is CCN1CCC(c2cc(OC(C)C)c(Nc3nc(Nc4ccccc4S(=O)(=O)C(C)C)c4cn[nH]c4n3)cc2C)CC1. The van der Waals surface area contributed by atoms with Gasteiger partial charge in [-0.05, 0) is 108 Å². The van der Waals surface area contributed by atoms with E-state index in [-0.39, 0.29) is 11.0 Å². The van der Waals surface area contributed by atoms with E-state index in [1.807, 2.05) is 13.8 Å². The van der Waals surface area contributed by atoms with Crippen molar-refractivity contribution in [3.05, 3.63) is 53.7 Å². The van der Waals surface area contributed by atoms with E-state index in [9.17, 15) is 8.42 Å². The van der Waals surface area contributed by atoms with Gasteiger partial charge in [0, 0.05) is 0 Å². The third-order valence-corrected chi connectivity index (χ3v) is 10.0. The number of benzene rings is 2. The monoisotopic (exact) mass is 591 g/mol. The number of hydrogen-bond donors (Lipinski definition) is 3. The van der Waals surface area contributed by atoms with Crippen LogP contribution in [0.5, 0.6) is 5.75 Å². The van der Waals surface area contributed by atoms with Crippen LogP contribution in [0.3, 0.4) is 0 Å². The van der Waals surface area contributed by atoms with Gasteiger partial charge in [0.1, 0.15) is 11.6 Å². The van der Waals surface area contributed by atoms with Gasteiger partial charge < -0.3 is 20.3 Å². The largest absolute Gasteiger partial charge is 0.489 e. The zero-order valence-corrected chi connectivity index (χ0v) is 26.0. The van der Waals surface area contributed by atoms with Crippen LogP contribution in [0, 0.1) is 6.92 Å². The minimum absolute atomic E-state index is 0.0179. The summed E-state index contributed by atoms with van der Waals surface area (Å²) >= 11 is 0. The highest BCUT2D eigenvalue weighted by molar-refractivity contribution is 7.92. The van der Waals surface area contributed by atoms with Crippen molar-refractivity contribution in [2.75, 3.05) is 30.3 Å². The number of ether oxygens (including phenoxy) is 1. The van der Waals surface area contributed by atoms with Crippen LogP contribution in [0.2, 0.25) is 0 Å². The average molecular weight is 592 g/mol.